The molecule has 0 spiro atoms. The predicted octanol–water partition coefficient (Wildman–Crippen LogP) is 5.68. The van der Waals surface area contributed by atoms with Gasteiger partial charge in [-0.25, -0.2) is 0 Å². The number of aryl methyl sites for hydroxylation is 1. The molecule has 0 aliphatic heterocycles. The van der Waals surface area contributed by atoms with E-state index in [1.807, 2.05) is 0 Å². The van der Waals surface area contributed by atoms with Crippen molar-refractivity contribution in [3.8, 4) is 28.4 Å². The quantitative estimate of drug-likeness (QED) is 0.225. The number of aromatic nitrogens is 1. The maximum Gasteiger partial charge on any atom is 0.450 e. The first-order valence-corrected chi connectivity index (χ1v) is 10.7. The Morgan fingerprint density at radius 1 is 1.06 bits per heavy atom. The second-order valence-electron chi connectivity index (χ2n) is 7.45. The molecule has 36 heavy (non-hydrogen) atoms. The van der Waals surface area contributed by atoms with Gasteiger partial charge in [0.15, 0.2) is 16.7 Å². The highest BCUT2D eigenvalue weighted by Gasteiger charge is 2.39. The highest BCUT2D eigenvalue weighted by Crippen LogP contribution is 2.40. The van der Waals surface area contributed by atoms with E-state index < -0.39 is 34.5 Å². The van der Waals surface area contributed by atoms with Gasteiger partial charge in [0.2, 0.25) is 11.2 Å². The minimum Gasteiger partial charge on any atom is -0.493 e. The summed E-state index contributed by atoms with van der Waals surface area (Å²) in [4.78, 5) is 25.3. The number of alkyl halides is 3. The zero-order chi connectivity index (χ0) is 26.0. The largest absolute Gasteiger partial charge is 0.493 e. The van der Waals surface area contributed by atoms with E-state index in [1.54, 1.807) is 0 Å². The zero-order valence-corrected chi connectivity index (χ0v) is 19.5. The lowest BCUT2D eigenvalue weighted by Gasteiger charge is -2.15. The first-order valence-electron chi connectivity index (χ1n) is 10.3. The Kier molecular flexibility index (Phi) is 6.93. The van der Waals surface area contributed by atoms with Crippen molar-refractivity contribution < 1.29 is 41.1 Å². The van der Waals surface area contributed by atoms with Crippen LogP contribution in [-0.2, 0) is 17.4 Å². The van der Waals surface area contributed by atoms with Crippen molar-refractivity contribution in [2.75, 3.05) is 14.2 Å². The van der Waals surface area contributed by atoms with Gasteiger partial charge < -0.3 is 23.2 Å². The molecule has 8 nitrogen and oxygen atoms in total. The van der Waals surface area contributed by atoms with Crippen molar-refractivity contribution in [1.29, 1.82) is 0 Å². The van der Waals surface area contributed by atoms with Gasteiger partial charge in [-0.2, -0.15) is 13.2 Å². The predicted molar refractivity (Wildman–Crippen MR) is 121 cm³/mol. The van der Waals surface area contributed by atoms with Crippen molar-refractivity contribution >= 4 is 28.5 Å². The topological polar surface area (TPSA) is 101 Å². The molecule has 0 radical (unpaired) electrons. The van der Waals surface area contributed by atoms with Gasteiger partial charge in [0, 0.05) is 18.6 Å². The number of rotatable bonds is 7. The molecule has 2 aromatic carbocycles. The fourth-order valence-corrected chi connectivity index (χ4v) is 3.66. The number of hydrogen-bond acceptors (Lipinski definition) is 8. The van der Waals surface area contributed by atoms with E-state index in [2.05, 4.69) is 5.16 Å². The Hall–Kier alpha value is -3.99. The van der Waals surface area contributed by atoms with Crippen LogP contribution in [0.2, 0.25) is 5.15 Å². The average molecular weight is 524 g/mol. The van der Waals surface area contributed by atoms with Gasteiger partial charge in [0.05, 0.1) is 31.6 Å². The first-order chi connectivity index (χ1) is 17.1. The fourth-order valence-electron chi connectivity index (χ4n) is 3.50. The molecular formula is C24H17ClF3NO7. The normalized spacial score (nSPS) is 11.5. The molecule has 12 heteroatoms. The van der Waals surface area contributed by atoms with Crippen LogP contribution in [0.3, 0.4) is 0 Å². The standard InChI is InChI=1S/C24H17ClF3NO7/c1-32-16-7-3-12(9-18(16)33-2)21-22(31)15-6-4-13(10-17(15)35-23(21)24(26,27)28)34-20(30)8-5-14-11-19(25)29-36-14/h3-4,6-7,9-11H,5,8H2,1-2H3. The average Bonchev–Trinajstić information content (AvgIpc) is 3.26. The third-order valence-corrected chi connectivity index (χ3v) is 5.31. The number of nitrogens with zero attached hydrogens (tertiary/aromatic N) is 1. The molecule has 4 aromatic rings. The molecule has 4 rings (SSSR count). The lowest BCUT2D eigenvalue weighted by atomic mass is 10.0. The molecule has 0 fully saturated rings. The summed E-state index contributed by atoms with van der Waals surface area (Å²) in [5.74, 6) is -1.52. The van der Waals surface area contributed by atoms with E-state index in [1.165, 1.54) is 50.6 Å². The molecular weight excluding hydrogens is 507 g/mol. The van der Waals surface area contributed by atoms with Gasteiger partial charge in [-0.05, 0) is 29.8 Å². The van der Waals surface area contributed by atoms with Crippen LogP contribution in [-0.4, -0.2) is 25.3 Å². The third-order valence-electron chi connectivity index (χ3n) is 5.13. The van der Waals surface area contributed by atoms with Crippen molar-refractivity contribution in [2.45, 2.75) is 19.0 Å². The summed E-state index contributed by atoms with van der Waals surface area (Å²) in [6.45, 7) is 0. The molecule has 2 heterocycles. The van der Waals surface area contributed by atoms with Crippen LogP contribution >= 0.6 is 11.6 Å². The van der Waals surface area contributed by atoms with Gasteiger partial charge >= 0.3 is 12.1 Å². The van der Waals surface area contributed by atoms with E-state index in [9.17, 15) is 22.8 Å². The Morgan fingerprint density at radius 3 is 2.44 bits per heavy atom. The number of methoxy groups -OCH3 is 2. The molecule has 0 saturated heterocycles. The van der Waals surface area contributed by atoms with E-state index in [-0.39, 0.29) is 46.2 Å². The summed E-state index contributed by atoms with van der Waals surface area (Å²) in [7, 11) is 2.69. The molecule has 0 aliphatic carbocycles. The SMILES string of the molecule is COc1ccc(-c2c(C(F)(F)F)oc3cc(OC(=O)CCc4cc(Cl)no4)ccc3c2=O)cc1OC. The highest BCUT2D eigenvalue weighted by atomic mass is 35.5. The molecule has 0 unspecified atom stereocenters. The zero-order valence-electron chi connectivity index (χ0n) is 18.8. The summed E-state index contributed by atoms with van der Waals surface area (Å²) in [5.41, 5.74) is -2.08. The van der Waals surface area contributed by atoms with Gasteiger partial charge in [0.1, 0.15) is 17.1 Å². The van der Waals surface area contributed by atoms with E-state index in [0.29, 0.717) is 5.76 Å². The van der Waals surface area contributed by atoms with Gasteiger partial charge in [-0.15, -0.1) is 0 Å². The second-order valence-corrected chi connectivity index (χ2v) is 7.84. The van der Waals surface area contributed by atoms with Crippen LogP contribution in [0.25, 0.3) is 22.1 Å². The number of hydrogen-bond donors (Lipinski definition) is 0. The van der Waals surface area contributed by atoms with Crippen LogP contribution < -0.4 is 19.6 Å². The maximum atomic E-state index is 13.9. The molecule has 188 valence electrons. The number of esters is 1. The van der Waals surface area contributed by atoms with E-state index in [0.717, 1.165) is 6.07 Å². The molecule has 2 aromatic heterocycles. The molecule has 0 amide bonds. The van der Waals surface area contributed by atoms with Crippen molar-refractivity contribution in [2.24, 2.45) is 0 Å². The number of carbonyl (C=O) groups is 1. The number of ether oxygens (including phenoxy) is 3. The van der Waals surface area contributed by atoms with Crippen LogP contribution in [0.4, 0.5) is 13.2 Å². The minimum atomic E-state index is -5.00. The summed E-state index contributed by atoms with van der Waals surface area (Å²) >= 11 is 5.65. The lowest BCUT2D eigenvalue weighted by molar-refractivity contribution is -0.152. The number of carbonyl (C=O) groups excluding carboxylic acids is 1. The Labute approximate surface area is 206 Å². The van der Waals surface area contributed by atoms with Crippen LogP contribution in [0.5, 0.6) is 17.2 Å². The van der Waals surface area contributed by atoms with E-state index in [4.69, 9.17) is 34.8 Å². The summed E-state index contributed by atoms with van der Waals surface area (Å²) < 4.78 is 67.3. The molecule has 0 N–H and O–H groups in total. The fraction of sp³-hybridized carbons (Fsp3) is 0.208. The van der Waals surface area contributed by atoms with Crippen molar-refractivity contribution in [1.82, 2.24) is 5.16 Å². The second kappa shape index (κ2) is 9.94. The van der Waals surface area contributed by atoms with Crippen LogP contribution in [0.15, 0.2) is 56.2 Å². The summed E-state index contributed by atoms with van der Waals surface area (Å²) in [6.07, 6.45) is -4.96. The van der Waals surface area contributed by atoms with Gasteiger partial charge in [-0.3, -0.25) is 9.59 Å². The van der Waals surface area contributed by atoms with E-state index >= 15 is 0 Å². The number of halogens is 4. The highest BCUT2D eigenvalue weighted by molar-refractivity contribution is 6.29. The number of benzene rings is 2. The van der Waals surface area contributed by atoms with Crippen molar-refractivity contribution in [3.05, 3.63) is 69.4 Å². The molecule has 0 bridgehead atoms. The Bertz CT molecular complexity index is 1490. The smallest absolute Gasteiger partial charge is 0.450 e. The Balaban J connectivity index is 1.71. The molecule has 0 atom stereocenters. The monoisotopic (exact) mass is 523 g/mol. The lowest BCUT2D eigenvalue weighted by Crippen LogP contribution is -2.16. The van der Waals surface area contributed by atoms with Crippen molar-refractivity contribution in [3.63, 3.8) is 0 Å². The van der Waals surface area contributed by atoms with Crippen LogP contribution in [0, 0.1) is 0 Å². The Morgan fingerprint density at radius 2 is 1.81 bits per heavy atom. The summed E-state index contributed by atoms with van der Waals surface area (Å²) in [6, 6.07) is 8.93. The number of fused-ring (bicyclic) bond motifs is 1. The third kappa shape index (κ3) is 5.15. The van der Waals surface area contributed by atoms with Gasteiger partial charge in [-0.1, -0.05) is 22.8 Å². The molecule has 0 saturated carbocycles. The summed E-state index contributed by atoms with van der Waals surface area (Å²) in [5, 5.41) is 3.49. The maximum absolute atomic E-state index is 13.9. The molecule has 0 aliphatic rings. The first kappa shape index (κ1) is 25.1. The van der Waals surface area contributed by atoms with Crippen LogP contribution in [0.1, 0.15) is 17.9 Å². The minimum absolute atomic E-state index is 0.0707. The van der Waals surface area contributed by atoms with Gasteiger partial charge in [0.25, 0.3) is 0 Å².